The normalized spacial score (nSPS) is 17.4. The average molecular weight is 359 g/mol. The highest BCUT2D eigenvalue weighted by Gasteiger charge is 2.43. The number of piperazine rings is 1. The number of halogens is 3. The SMILES string of the molecule is CC(C)Oc1ccccc1C(=O)NCC(N1CCNCC1)C(F)(F)F. The molecule has 1 atom stereocenters. The molecule has 2 N–H and O–H groups in total. The van der Waals surface area contributed by atoms with Crippen molar-refractivity contribution < 1.29 is 22.7 Å². The van der Waals surface area contributed by atoms with Crippen molar-refractivity contribution in [3.8, 4) is 5.75 Å². The third-order valence-corrected chi connectivity index (χ3v) is 3.92. The summed E-state index contributed by atoms with van der Waals surface area (Å²) in [5, 5.41) is 5.44. The fraction of sp³-hybridized carbons (Fsp3) is 0.588. The number of ether oxygens (including phenoxy) is 1. The first-order valence-corrected chi connectivity index (χ1v) is 8.34. The minimum atomic E-state index is -4.40. The second-order valence-corrected chi connectivity index (χ2v) is 6.22. The predicted molar refractivity (Wildman–Crippen MR) is 88.8 cm³/mol. The molecule has 2 rings (SSSR count). The summed E-state index contributed by atoms with van der Waals surface area (Å²) >= 11 is 0. The van der Waals surface area contributed by atoms with Crippen molar-refractivity contribution >= 4 is 5.91 Å². The Bertz CT molecular complexity index is 573. The van der Waals surface area contributed by atoms with Crippen LogP contribution in [0, 0.1) is 0 Å². The van der Waals surface area contributed by atoms with Crippen LogP contribution in [0.25, 0.3) is 0 Å². The molecule has 1 aliphatic heterocycles. The molecular weight excluding hydrogens is 335 g/mol. The standard InChI is InChI=1S/C17H24F3N3O2/c1-12(2)25-14-6-4-3-5-13(14)16(24)22-11-15(17(18,19)20)23-9-7-21-8-10-23/h3-6,12,15,21H,7-11H2,1-2H3,(H,22,24). The Balaban J connectivity index is 2.06. The molecule has 25 heavy (non-hydrogen) atoms. The highest BCUT2D eigenvalue weighted by molar-refractivity contribution is 5.96. The van der Waals surface area contributed by atoms with Gasteiger partial charge in [-0.15, -0.1) is 0 Å². The largest absolute Gasteiger partial charge is 0.490 e. The van der Waals surface area contributed by atoms with E-state index in [4.69, 9.17) is 4.74 Å². The molecule has 0 aliphatic carbocycles. The Kier molecular flexibility index (Phi) is 6.66. The maximum atomic E-state index is 13.4. The Morgan fingerprint density at radius 1 is 1.28 bits per heavy atom. The maximum absolute atomic E-state index is 13.4. The van der Waals surface area contributed by atoms with Crippen molar-refractivity contribution in [1.29, 1.82) is 0 Å². The molecule has 1 amide bonds. The molecule has 1 saturated heterocycles. The molecule has 0 aromatic heterocycles. The molecule has 1 aliphatic rings. The van der Waals surface area contributed by atoms with E-state index in [2.05, 4.69) is 10.6 Å². The minimum absolute atomic E-state index is 0.141. The molecule has 1 unspecified atom stereocenters. The van der Waals surface area contributed by atoms with Crippen LogP contribution >= 0.6 is 0 Å². The smallest absolute Gasteiger partial charge is 0.405 e. The monoisotopic (exact) mass is 359 g/mol. The average Bonchev–Trinajstić information content (AvgIpc) is 2.54. The molecule has 140 valence electrons. The van der Waals surface area contributed by atoms with Crippen LogP contribution in [0.5, 0.6) is 5.75 Å². The van der Waals surface area contributed by atoms with Gasteiger partial charge in [0.1, 0.15) is 11.8 Å². The predicted octanol–water partition coefficient (Wildman–Crippen LogP) is 2.04. The summed E-state index contributed by atoms with van der Waals surface area (Å²) in [6, 6.07) is 4.84. The van der Waals surface area contributed by atoms with Crippen LogP contribution in [-0.4, -0.2) is 61.9 Å². The Hall–Kier alpha value is -1.80. The van der Waals surface area contributed by atoms with E-state index in [-0.39, 0.29) is 11.7 Å². The molecule has 0 saturated carbocycles. The summed E-state index contributed by atoms with van der Waals surface area (Å²) in [5.74, 6) is -0.207. The fourth-order valence-electron chi connectivity index (χ4n) is 2.74. The molecule has 0 bridgehead atoms. The van der Waals surface area contributed by atoms with Crippen LogP contribution in [0.3, 0.4) is 0 Å². The van der Waals surface area contributed by atoms with Crippen molar-refractivity contribution in [2.24, 2.45) is 0 Å². The van der Waals surface area contributed by atoms with Gasteiger partial charge in [0.2, 0.25) is 0 Å². The number of para-hydroxylation sites is 1. The zero-order valence-electron chi connectivity index (χ0n) is 14.4. The third-order valence-electron chi connectivity index (χ3n) is 3.92. The molecular formula is C17H24F3N3O2. The number of nitrogens with one attached hydrogen (secondary N) is 2. The van der Waals surface area contributed by atoms with E-state index < -0.39 is 24.7 Å². The van der Waals surface area contributed by atoms with E-state index in [1.54, 1.807) is 24.3 Å². The van der Waals surface area contributed by atoms with Crippen LogP contribution in [-0.2, 0) is 0 Å². The topological polar surface area (TPSA) is 53.6 Å². The Labute approximate surface area is 145 Å². The van der Waals surface area contributed by atoms with Gasteiger partial charge in [0, 0.05) is 32.7 Å². The lowest BCUT2D eigenvalue weighted by Gasteiger charge is -2.35. The van der Waals surface area contributed by atoms with Crippen molar-refractivity contribution in [2.75, 3.05) is 32.7 Å². The van der Waals surface area contributed by atoms with Gasteiger partial charge in [-0.3, -0.25) is 9.69 Å². The van der Waals surface area contributed by atoms with Crippen molar-refractivity contribution in [1.82, 2.24) is 15.5 Å². The zero-order valence-corrected chi connectivity index (χ0v) is 14.4. The Morgan fingerprint density at radius 2 is 1.92 bits per heavy atom. The maximum Gasteiger partial charge on any atom is 0.405 e. The van der Waals surface area contributed by atoms with Gasteiger partial charge in [0.25, 0.3) is 5.91 Å². The highest BCUT2D eigenvalue weighted by Crippen LogP contribution is 2.25. The highest BCUT2D eigenvalue weighted by atomic mass is 19.4. The summed E-state index contributed by atoms with van der Waals surface area (Å²) in [7, 11) is 0. The van der Waals surface area contributed by atoms with Crippen molar-refractivity contribution in [3.05, 3.63) is 29.8 Å². The number of alkyl halides is 3. The minimum Gasteiger partial charge on any atom is -0.490 e. The van der Waals surface area contributed by atoms with Gasteiger partial charge < -0.3 is 15.4 Å². The van der Waals surface area contributed by atoms with Crippen molar-refractivity contribution in [3.63, 3.8) is 0 Å². The molecule has 0 radical (unpaired) electrons. The zero-order chi connectivity index (χ0) is 18.4. The van der Waals surface area contributed by atoms with E-state index >= 15 is 0 Å². The van der Waals surface area contributed by atoms with Crippen LogP contribution in [0.4, 0.5) is 13.2 Å². The first-order chi connectivity index (χ1) is 11.8. The van der Waals surface area contributed by atoms with Gasteiger partial charge in [0.05, 0.1) is 11.7 Å². The number of nitrogens with zero attached hydrogens (tertiary/aromatic N) is 1. The number of amides is 1. The number of hydrogen-bond donors (Lipinski definition) is 2. The summed E-state index contributed by atoms with van der Waals surface area (Å²) < 4.78 is 45.7. The number of rotatable bonds is 6. The number of hydrogen-bond acceptors (Lipinski definition) is 4. The van der Waals surface area contributed by atoms with Crippen LogP contribution in [0.2, 0.25) is 0 Å². The van der Waals surface area contributed by atoms with E-state index in [0.717, 1.165) is 0 Å². The van der Waals surface area contributed by atoms with Crippen LogP contribution in [0.15, 0.2) is 24.3 Å². The summed E-state index contributed by atoms with van der Waals surface area (Å²) in [4.78, 5) is 13.7. The molecule has 0 spiro atoms. The van der Waals surface area contributed by atoms with Crippen LogP contribution in [0.1, 0.15) is 24.2 Å². The molecule has 1 aromatic rings. The van der Waals surface area contributed by atoms with Crippen LogP contribution < -0.4 is 15.4 Å². The molecule has 1 aromatic carbocycles. The van der Waals surface area contributed by atoms with Gasteiger partial charge in [-0.2, -0.15) is 13.2 Å². The molecule has 8 heteroatoms. The first-order valence-electron chi connectivity index (χ1n) is 8.34. The Morgan fingerprint density at radius 3 is 2.52 bits per heavy atom. The third kappa shape index (κ3) is 5.61. The van der Waals surface area contributed by atoms with Gasteiger partial charge in [0.15, 0.2) is 0 Å². The van der Waals surface area contributed by atoms with Crippen molar-refractivity contribution in [2.45, 2.75) is 32.2 Å². The van der Waals surface area contributed by atoms with Gasteiger partial charge in [-0.05, 0) is 26.0 Å². The summed E-state index contributed by atoms with van der Waals surface area (Å²) in [6.07, 6.45) is -4.55. The number of benzene rings is 1. The molecule has 5 nitrogen and oxygen atoms in total. The van der Waals surface area contributed by atoms with Gasteiger partial charge >= 0.3 is 6.18 Å². The second-order valence-electron chi connectivity index (χ2n) is 6.22. The molecule has 1 heterocycles. The molecule has 1 fully saturated rings. The van der Waals surface area contributed by atoms with Gasteiger partial charge in [-0.25, -0.2) is 0 Å². The lowest BCUT2D eigenvalue weighted by Crippen LogP contribution is -2.57. The van der Waals surface area contributed by atoms with E-state index in [1.165, 1.54) is 4.90 Å². The first kappa shape index (κ1) is 19.5. The van der Waals surface area contributed by atoms with E-state index in [1.807, 2.05) is 13.8 Å². The number of carbonyl (C=O) groups excluding carboxylic acids is 1. The summed E-state index contributed by atoms with van der Waals surface area (Å²) in [5.41, 5.74) is 0.234. The summed E-state index contributed by atoms with van der Waals surface area (Å²) in [6.45, 7) is 4.76. The number of carbonyl (C=O) groups is 1. The van der Waals surface area contributed by atoms with Gasteiger partial charge in [-0.1, -0.05) is 12.1 Å². The quantitative estimate of drug-likeness (QED) is 0.816. The second kappa shape index (κ2) is 8.53. The fourth-order valence-corrected chi connectivity index (χ4v) is 2.74. The lowest BCUT2D eigenvalue weighted by molar-refractivity contribution is -0.183. The van der Waals surface area contributed by atoms with E-state index in [9.17, 15) is 18.0 Å². The van der Waals surface area contributed by atoms with E-state index in [0.29, 0.717) is 31.9 Å². The lowest BCUT2D eigenvalue weighted by atomic mass is 10.1.